The van der Waals surface area contributed by atoms with Gasteiger partial charge in [0.15, 0.2) is 0 Å². The first kappa shape index (κ1) is 15.0. The van der Waals surface area contributed by atoms with Crippen molar-refractivity contribution in [3.05, 3.63) is 28.8 Å². The molecule has 7 nitrogen and oxygen atoms in total. The molecule has 2 aliphatic heterocycles. The monoisotopic (exact) mass is 322 g/mol. The minimum absolute atomic E-state index is 0.135. The Labute approximate surface area is 127 Å². The van der Waals surface area contributed by atoms with Gasteiger partial charge in [-0.05, 0) is 19.2 Å². The Bertz CT molecular complexity index is 868. The van der Waals surface area contributed by atoms with Crippen molar-refractivity contribution in [1.29, 1.82) is 0 Å². The molecule has 1 amide bonds. The van der Waals surface area contributed by atoms with Crippen LogP contribution in [0.4, 0.5) is 0 Å². The number of rotatable bonds is 2. The van der Waals surface area contributed by atoms with E-state index in [9.17, 15) is 18.0 Å². The average molecular weight is 322 g/mol. The molecule has 1 N–H and O–H groups in total. The highest BCUT2D eigenvalue weighted by atomic mass is 32.2. The van der Waals surface area contributed by atoms with Crippen molar-refractivity contribution in [1.82, 2.24) is 9.21 Å². The van der Waals surface area contributed by atoms with Crippen LogP contribution in [0.2, 0.25) is 0 Å². The Hall–Kier alpha value is -1.90. The molecule has 0 spiro atoms. The predicted octanol–water partition coefficient (Wildman–Crippen LogP) is -3.79. The molecule has 0 unspecified atom stereocenters. The molecular formula is C14H16N3O4S+. The van der Waals surface area contributed by atoms with Gasteiger partial charge in [-0.2, -0.15) is 9.30 Å². The zero-order valence-electron chi connectivity index (χ0n) is 12.1. The second-order valence-corrected chi connectivity index (χ2v) is 7.36. The van der Waals surface area contributed by atoms with Crippen molar-refractivity contribution in [2.75, 3.05) is 33.2 Å². The number of likely N-dealkylation sites (N-methyl/N-ethyl adjacent to an activating group) is 1. The Morgan fingerprint density at radius 1 is 1.09 bits per heavy atom. The summed E-state index contributed by atoms with van der Waals surface area (Å²) in [5, 5.41) is 0.863. The second-order valence-electron chi connectivity index (χ2n) is 5.42. The Balaban J connectivity index is 2.02. The molecular weight excluding hydrogens is 306 g/mol. The maximum absolute atomic E-state index is 12.6. The van der Waals surface area contributed by atoms with Gasteiger partial charge in [-0.25, -0.2) is 13.2 Å². The van der Waals surface area contributed by atoms with E-state index in [4.69, 9.17) is 0 Å². The van der Waals surface area contributed by atoms with Crippen LogP contribution in [0.3, 0.4) is 0 Å². The zero-order valence-corrected chi connectivity index (χ0v) is 12.9. The Kier molecular flexibility index (Phi) is 3.67. The minimum Gasteiger partial charge on any atom is -0.304 e. The molecule has 2 heterocycles. The van der Waals surface area contributed by atoms with E-state index in [1.807, 2.05) is 7.05 Å². The fraction of sp³-hybridized carbons (Fsp3) is 0.357. The highest BCUT2D eigenvalue weighted by Gasteiger charge is 2.28. The molecule has 22 heavy (non-hydrogen) atoms. The summed E-state index contributed by atoms with van der Waals surface area (Å²) >= 11 is 0. The van der Waals surface area contributed by atoms with Gasteiger partial charge in [0, 0.05) is 38.3 Å². The lowest BCUT2D eigenvalue weighted by atomic mass is 10.2. The summed E-state index contributed by atoms with van der Waals surface area (Å²) in [6.45, 7) is 2.25. The Morgan fingerprint density at radius 2 is 1.77 bits per heavy atom. The van der Waals surface area contributed by atoms with Gasteiger partial charge in [0.25, 0.3) is 5.78 Å². The number of nitrogens with zero attached hydrogens (tertiary/aromatic N) is 2. The fourth-order valence-corrected chi connectivity index (χ4v) is 3.96. The maximum atomic E-state index is 12.6. The van der Waals surface area contributed by atoms with Crippen LogP contribution in [0, 0.1) is 0 Å². The van der Waals surface area contributed by atoms with E-state index in [1.165, 1.54) is 22.5 Å². The first-order valence-electron chi connectivity index (χ1n) is 6.91. The fourth-order valence-electron chi connectivity index (χ4n) is 2.50. The van der Waals surface area contributed by atoms with Gasteiger partial charge in [0.1, 0.15) is 0 Å². The summed E-state index contributed by atoms with van der Waals surface area (Å²) < 4.78 is 26.7. The summed E-state index contributed by atoms with van der Waals surface area (Å²) in [5.41, 5.74) is 0. The van der Waals surface area contributed by atoms with Crippen molar-refractivity contribution in [2.45, 2.75) is 4.90 Å². The molecule has 2 aliphatic rings. The topological polar surface area (TPSA) is 88.7 Å². The second kappa shape index (κ2) is 5.38. The quantitative estimate of drug-likeness (QED) is 0.565. The molecule has 0 saturated carbocycles. The number of ketones is 1. The van der Waals surface area contributed by atoms with Crippen LogP contribution in [0.5, 0.6) is 0 Å². The number of fused-ring (bicyclic) bond motifs is 1. The molecule has 1 aromatic carbocycles. The maximum Gasteiger partial charge on any atom is 0.458 e. The van der Waals surface area contributed by atoms with Crippen LogP contribution < -0.4 is 15.6 Å². The number of hydrogen-bond donors (Lipinski definition) is 1. The molecule has 0 radical (unpaired) electrons. The zero-order chi connectivity index (χ0) is 15.9. The first-order valence-corrected chi connectivity index (χ1v) is 8.35. The standard InChI is InChI=1S/C14H15N3O4S/c1-16-4-6-17(7-5-16)22(20,21)11-2-3-12-10(8-11)9-13(18)14(19)15-12/h2-3,8-9H,4-7H2,1H3/p+1. The average Bonchev–Trinajstić information content (AvgIpc) is 2.48. The van der Waals surface area contributed by atoms with E-state index in [-0.39, 0.29) is 4.90 Å². The third-order valence-corrected chi connectivity index (χ3v) is 5.78. The summed E-state index contributed by atoms with van der Waals surface area (Å²) in [5.74, 6) is -1.39. The van der Waals surface area contributed by atoms with Gasteiger partial charge >= 0.3 is 5.91 Å². The van der Waals surface area contributed by atoms with Gasteiger partial charge in [0.2, 0.25) is 15.4 Å². The molecule has 8 heteroatoms. The van der Waals surface area contributed by atoms with E-state index in [0.717, 1.165) is 6.08 Å². The number of sulfonamides is 1. The lowest BCUT2D eigenvalue weighted by Gasteiger charge is -2.31. The number of piperazine rings is 1. The van der Waals surface area contributed by atoms with Crippen molar-refractivity contribution in [2.24, 2.45) is 0 Å². The largest absolute Gasteiger partial charge is 0.458 e. The molecule has 0 bridgehead atoms. The molecule has 0 aromatic heterocycles. The number of carbonyl (C=O) groups excluding carboxylic acids is 2. The molecule has 0 atom stereocenters. The molecule has 1 saturated heterocycles. The van der Waals surface area contributed by atoms with Gasteiger partial charge in [-0.3, -0.25) is 4.79 Å². The van der Waals surface area contributed by atoms with Crippen LogP contribution in [0.25, 0.3) is 6.08 Å². The number of Topliss-reactive ketones (excluding diaryl/α,β-unsaturated/α-hetero) is 1. The highest BCUT2D eigenvalue weighted by molar-refractivity contribution is 7.89. The lowest BCUT2D eigenvalue weighted by Crippen LogP contribution is -2.86. The Morgan fingerprint density at radius 3 is 2.45 bits per heavy atom. The van der Waals surface area contributed by atoms with Gasteiger partial charge < -0.3 is 4.90 Å². The lowest BCUT2D eigenvalue weighted by molar-refractivity contribution is -0.412. The van der Waals surface area contributed by atoms with Crippen LogP contribution in [0.1, 0.15) is 0 Å². The first-order chi connectivity index (χ1) is 10.4. The molecule has 116 valence electrons. The molecule has 1 fully saturated rings. The summed E-state index contributed by atoms with van der Waals surface area (Å²) in [7, 11) is -1.64. The SMILES string of the molecule is CN1CCN(S(=O)(=O)c2ccc3c(c2)=CC(=O)C(=O)[NH+]=3)CC1. The minimum atomic E-state index is -3.59. The van der Waals surface area contributed by atoms with Gasteiger partial charge in [-0.15, -0.1) is 0 Å². The van der Waals surface area contributed by atoms with Crippen molar-refractivity contribution < 1.29 is 23.0 Å². The number of benzene rings is 1. The highest BCUT2D eigenvalue weighted by Crippen LogP contribution is 2.15. The smallest absolute Gasteiger partial charge is 0.304 e. The van der Waals surface area contributed by atoms with Gasteiger partial charge in [0.05, 0.1) is 10.1 Å². The molecule has 3 rings (SSSR count). The van der Waals surface area contributed by atoms with Crippen LogP contribution in [0.15, 0.2) is 23.1 Å². The van der Waals surface area contributed by atoms with Crippen molar-refractivity contribution in [3.8, 4) is 0 Å². The van der Waals surface area contributed by atoms with E-state index >= 15 is 0 Å². The van der Waals surface area contributed by atoms with Crippen LogP contribution in [-0.4, -0.2) is 62.5 Å². The number of amides is 1. The summed E-state index contributed by atoms with van der Waals surface area (Å²) in [6.07, 6.45) is 1.16. The third-order valence-electron chi connectivity index (χ3n) is 3.88. The van der Waals surface area contributed by atoms with Gasteiger partial charge in [-0.1, -0.05) is 0 Å². The number of carbonyl (C=O) groups is 2. The molecule has 0 aliphatic carbocycles. The third kappa shape index (κ3) is 2.60. The van der Waals surface area contributed by atoms with E-state index in [1.54, 1.807) is 0 Å². The number of nitrogens with one attached hydrogen (secondary N) is 1. The summed E-state index contributed by atoms with van der Waals surface area (Å²) in [4.78, 5) is 27.4. The molecule has 1 aromatic rings. The van der Waals surface area contributed by atoms with Crippen LogP contribution in [-0.2, 0) is 19.6 Å². The van der Waals surface area contributed by atoms with Crippen molar-refractivity contribution >= 4 is 27.8 Å². The summed E-state index contributed by atoms with van der Waals surface area (Å²) in [6, 6.07) is 4.40. The predicted molar refractivity (Wildman–Crippen MR) is 76.5 cm³/mol. The normalized spacial score (nSPS) is 20.2. The van der Waals surface area contributed by atoms with E-state index in [2.05, 4.69) is 9.89 Å². The van der Waals surface area contributed by atoms with E-state index in [0.29, 0.717) is 36.8 Å². The van der Waals surface area contributed by atoms with Crippen molar-refractivity contribution in [3.63, 3.8) is 0 Å². The number of hydrogen-bond acceptors (Lipinski definition) is 5. The van der Waals surface area contributed by atoms with E-state index < -0.39 is 21.7 Å². The van der Waals surface area contributed by atoms with Crippen LogP contribution >= 0.6 is 0 Å².